The maximum absolute atomic E-state index is 10.5. The Kier molecular flexibility index (Phi) is 3.11. The lowest BCUT2D eigenvalue weighted by molar-refractivity contribution is -0.107. The van der Waals surface area contributed by atoms with Gasteiger partial charge in [-0.15, -0.1) is 0 Å². The molecule has 0 atom stereocenters. The van der Waals surface area contributed by atoms with E-state index in [-0.39, 0.29) is 0 Å². The Hall–Kier alpha value is -1.02. The first-order valence-corrected chi connectivity index (χ1v) is 3.92. The third-order valence-electron chi connectivity index (χ3n) is 1.53. The summed E-state index contributed by atoms with van der Waals surface area (Å²) >= 11 is 5.68. The van der Waals surface area contributed by atoms with E-state index >= 15 is 0 Å². The molecule has 0 aliphatic heterocycles. The van der Waals surface area contributed by atoms with Gasteiger partial charge in [0.2, 0.25) is 6.41 Å². The van der Waals surface area contributed by atoms with Gasteiger partial charge in [-0.2, -0.15) is 0 Å². The third kappa shape index (κ3) is 1.98. The summed E-state index contributed by atoms with van der Waals surface area (Å²) in [6, 6.07) is 7.04. The summed E-state index contributed by atoms with van der Waals surface area (Å²) in [6.07, 6.45) is 0.746. The second kappa shape index (κ2) is 4.12. The highest BCUT2D eigenvalue weighted by atomic mass is 35.5. The summed E-state index contributed by atoms with van der Waals surface area (Å²) in [5.74, 6) is 0. The molecule has 0 bridgehead atoms. The first-order valence-electron chi connectivity index (χ1n) is 3.54. The second-order valence-corrected chi connectivity index (χ2v) is 2.71. The molecule has 0 heterocycles. The molecule has 0 saturated heterocycles. The van der Waals surface area contributed by atoms with Crippen molar-refractivity contribution in [2.45, 2.75) is 0 Å². The number of carbonyl (C=O) groups excluding carboxylic acids is 1. The molecule has 12 heavy (non-hydrogen) atoms. The minimum absolute atomic E-state index is 0.422. The zero-order chi connectivity index (χ0) is 8.97. The highest BCUT2D eigenvalue weighted by molar-refractivity contribution is 6.30. The van der Waals surface area contributed by atoms with E-state index in [2.05, 4.69) is 6.92 Å². The van der Waals surface area contributed by atoms with Gasteiger partial charge in [0.15, 0.2) is 0 Å². The molecule has 1 rings (SSSR count). The molecule has 3 heteroatoms. The van der Waals surface area contributed by atoms with Gasteiger partial charge in [0.05, 0.1) is 0 Å². The highest BCUT2D eigenvalue weighted by Gasteiger charge is 2.00. The van der Waals surface area contributed by atoms with Gasteiger partial charge in [-0.1, -0.05) is 11.6 Å². The van der Waals surface area contributed by atoms with Crippen LogP contribution >= 0.6 is 11.6 Å². The van der Waals surface area contributed by atoms with Crippen molar-refractivity contribution >= 4 is 23.7 Å². The van der Waals surface area contributed by atoms with E-state index in [0.29, 0.717) is 11.6 Å². The van der Waals surface area contributed by atoms with Gasteiger partial charge in [0.1, 0.15) is 0 Å². The second-order valence-electron chi connectivity index (χ2n) is 2.28. The molecule has 2 nitrogen and oxygen atoms in total. The fourth-order valence-corrected chi connectivity index (χ4v) is 1.00. The quantitative estimate of drug-likeness (QED) is 0.656. The predicted molar refractivity (Wildman–Crippen MR) is 50.2 cm³/mol. The fourth-order valence-electron chi connectivity index (χ4n) is 0.875. The molecule has 0 spiro atoms. The number of amides is 1. The lowest BCUT2D eigenvalue weighted by atomic mass is 10.3. The number of benzene rings is 1. The summed E-state index contributed by atoms with van der Waals surface area (Å²) in [4.78, 5) is 12.0. The van der Waals surface area contributed by atoms with Crippen LogP contribution in [0, 0.1) is 6.92 Å². The average molecular weight is 183 g/mol. The largest absolute Gasteiger partial charge is 0.315 e. The van der Waals surface area contributed by atoms with Gasteiger partial charge in [0.25, 0.3) is 0 Å². The van der Waals surface area contributed by atoms with Crippen molar-refractivity contribution < 1.29 is 4.79 Å². The van der Waals surface area contributed by atoms with Crippen molar-refractivity contribution in [3.63, 3.8) is 0 Å². The van der Waals surface area contributed by atoms with Crippen molar-refractivity contribution in [1.82, 2.24) is 0 Å². The van der Waals surface area contributed by atoms with Gasteiger partial charge in [0, 0.05) is 17.3 Å². The average Bonchev–Trinajstić information content (AvgIpc) is 2.10. The molecule has 0 aliphatic carbocycles. The Balaban J connectivity index is 2.87. The molecule has 63 valence electrons. The minimum atomic E-state index is 0.422. The number of hydrogen-bond acceptors (Lipinski definition) is 1. The summed E-state index contributed by atoms with van der Waals surface area (Å²) in [6.45, 7) is 4.04. The number of hydrogen-bond donors (Lipinski definition) is 0. The molecule has 1 amide bonds. The maximum Gasteiger partial charge on any atom is 0.214 e. The number of carbonyl (C=O) groups is 1. The van der Waals surface area contributed by atoms with Crippen LogP contribution < -0.4 is 4.90 Å². The van der Waals surface area contributed by atoms with Gasteiger partial charge in [-0.05, 0) is 31.2 Å². The first-order chi connectivity index (χ1) is 5.77. The molecule has 0 fully saturated rings. The summed E-state index contributed by atoms with van der Waals surface area (Å²) in [5.41, 5.74) is 0.810. The minimum Gasteiger partial charge on any atom is -0.315 e. The van der Waals surface area contributed by atoms with Crippen LogP contribution in [-0.2, 0) is 4.79 Å². The SMILES string of the molecule is [CH2]CN(C=O)c1ccc(Cl)cc1. The molecule has 0 unspecified atom stereocenters. The third-order valence-corrected chi connectivity index (χ3v) is 1.78. The van der Waals surface area contributed by atoms with Crippen LogP contribution in [0.3, 0.4) is 0 Å². The van der Waals surface area contributed by atoms with Crippen LogP contribution in [0.1, 0.15) is 0 Å². The standard InChI is InChI=1S/C9H9ClNO/c1-2-11(7-12)9-5-3-8(10)4-6-9/h3-7H,1-2H2. The lowest BCUT2D eigenvalue weighted by Gasteiger charge is -2.13. The Bertz CT molecular complexity index is 258. The van der Waals surface area contributed by atoms with Gasteiger partial charge in [-0.25, -0.2) is 0 Å². The van der Waals surface area contributed by atoms with E-state index < -0.39 is 0 Å². The van der Waals surface area contributed by atoms with Crippen LogP contribution in [-0.4, -0.2) is 13.0 Å². The molecule has 0 aromatic heterocycles. The summed E-state index contributed by atoms with van der Waals surface area (Å²) in [5, 5.41) is 0.661. The molecule has 1 radical (unpaired) electrons. The monoisotopic (exact) mass is 182 g/mol. The zero-order valence-corrected chi connectivity index (χ0v) is 7.29. The van der Waals surface area contributed by atoms with Crippen molar-refractivity contribution in [1.29, 1.82) is 0 Å². The van der Waals surface area contributed by atoms with Gasteiger partial charge < -0.3 is 4.90 Å². The number of anilines is 1. The fraction of sp³-hybridized carbons (Fsp3) is 0.111. The maximum atomic E-state index is 10.5. The summed E-state index contributed by atoms with van der Waals surface area (Å²) in [7, 11) is 0. The topological polar surface area (TPSA) is 20.3 Å². The Morgan fingerprint density at radius 1 is 1.42 bits per heavy atom. The molecule has 0 aliphatic rings. The van der Waals surface area contributed by atoms with Crippen molar-refractivity contribution in [3.8, 4) is 0 Å². The summed E-state index contributed by atoms with van der Waals surface area (Å²) < 4.78 is 0. The van der Waals surface area contributed by atoms with E-state index in [9.17, 15) is 4.79 Å². The Morgan fingerprint density at radius 2 is 2.00 bits per heavy atom. The lowest BCUT2D eigenvalue weighted by Crippen LogP contribution is -2.19. The smallest absolute Gasteiger partial charge is 0.214 e. The van der Waals surface area contributed by atoms with Crippen LogP contribution in [0.2, 0.25) is 5.02 Å². The van der Waals surface area contributed by atoms with E-state index in [4.69, 9.17) is 11.6 Å². The van der Waals surface area contributed by atoms with E-state index in [1.54, 1.807) is 24.3 Å². The number of nitrogens with zero attached hydrogens (tertiary/aromatic N) is 1. The molecule has 0 N–H and O–H groups in total. The highest BCUT2D eigenvalue weighted by Crippen LogP contribution is 2.16. The van der Waals surface area contributed by atoms with Crippen molar-refractivity contribution in [2.24, 2.45) is 0 Å². The van der Waals surface area contributed by atoms with Crippen LogP contribution in [0.5, 0.6) is 0 Å². The molecule has 1 aromatic rings. The van der Waals surface area contributed by atoms with E-state index in [0.717, 1.165) is 12.1 Å². The Morgan fingerprint density at radius 3 is 2.42 bits per heavy atom. The van der Waals surface area contributed by atoms with Crippen LogP contribution in [0.15, 0.2) is 24.3 Å². The van der Waals surface area contributed by atoms with Gasteiger partial charge >= 0.3 is 0 Å². The zero-order valence-electron chi connectivity index (χ0n) is 6.53. The predicted octanol–water partition coefficient (Wildman–Crippen LogP) is 2.14. The molecule has 1 aromatic carbocycles. The van der Waals surface area contributed by atoms with Crippen molar-refractivity contribution in [3.05, 3.63) is 36.2 Å². The van der Waals surface area contributed by atoms with E-state index in [1.165, 1.54) is 4.90 Å². The number of rotatable bonds is 3. The number of halogens is 1. The molecule has 0 saturated carbocycles. The molecular weight excluding hydrogens is 174 g/mol. The Labute approximate surface area is 76.8 Å². The van der Waals surface area contributed by atoms with Crippen LogP contribution in [0.4, 0.5) is 5.69 Å². The van der Waals surface area contributed by atoms with E-state index in [1.807, 2.05) is 0 Å². The van der Waals surface area contributed by atoms with Crippen molar-refractivity contribution in [2.75, 3.05) is 11.4 Å². The first kappa shape index (κ1) is 9.07. The van der Waals surface area contributed by atoms with Gasteiger partial charge in [-0.3, -0.25) is 4.79 Å². The molecular formula is C9H9ClNO. The van der Waals surface area contributed by atoms with Crippen LogP contribution in [0.25, 0.3) is 0 Å². The normalized spacial score (nSPS) is 9.50.